The number of rotatable bonds is 6. The second kappa shape index (κ2) is 9.60. The molecule has 1 aromatic heterocycles. The van der Waals surface area contributed by atoms with Gasteiger partial charge < -0.3 is 21.7 Å². The number of aromatic nitrogens is 4. The first-order valence-corrected chi connectivity index (χ1v) is 10.1. The first-order valence-electron chi connectivity index (χ1n) is 10.1. The summed E-state index contributed by atoms with van der Waals surface area (Å²) < 4.78 is 1.34. The Morgan fingerprint density at radius 3 is 2.39 bits per heavy atom. The minimum absolute atomic E-state index is 0.128. The standard InChI is InChI=1S/C23H22N8O2/c1-15-5-2-8-18(11-15)26-23(33)27-19-9-3-6-16(12-19)14-25-21(32)17-7-4-10-20(13-17)31-22(24)28-29-30-31/h2-13H,14H2,1H3,(H,25,32)(H2,24,28,30)(H2,26,27,33). The minimum atomic E-state index is -0.347. The molecular formula is C23H22N8O2. The van der Waals surface area contributed by atoms with E-state index >= 15 is 0 Å². The summed E-state index contributed by atoms with van der Waals surface area (Å²) in [5.74, 6) is -0.137. The highest BCUT2D eigenvalue weighted by molar-refractivity contribution is 5.99. The smallest absolute Gasteiger partial charge is 0.323 e. The van der Waals surface area contributed by atoms with Crippen molar-refractivity contribution in [2.24, 2.45) is 0 Å². The van der Waals surface area contributed by atoms with E-state index in [1.807, 2.05) is 43.3 Å². The lowest BCUT2D eigenvalue weighted by molar-refractivity contribution is 0.0951. The third kappa shape index (κ3) is 5.50. The zero-order chi connectivity index (χ0) is 23.2. The fourth-order valence-corrected chi connectivity index (χ4v) is 3.22. The van der Waals surface area contributed by atoms with E-state index in [9.17, 15) is 9.59 Å². The highest BCUT2D eigenvalue weighted by Crippen LogP contribution is 2.15. The van der Waals surface area contributed by atoms with Crippen molar-refractivity contribution in [3.8, 4) is 5.69 Å². The van der Waals surface area contributed by atoms with E-state index in [0.717, 1.165) is 11.1 Å². The lowest BCUT2D eigenvalue weighted by Crippen LogP contribution is -2.23. The summed E-state index contributed by atoms with van der Waals surface area (Å²) in [5.41, 5.74) is 9.95. The van der Waals surface area contributed by atoms with Gasteiger partial charge in [0.25, 0.3) is 5.91 Å². The van der Waals surface area contributed by atoms with Gasteiger partial charge in [-0.1, -0.05) is 35.4 Å². The molecule has 0 aliphatic rings. The number of nitrogens with two attached hydrogens (primary N) is 1. The predicted molar refractivity (Wildman–Crippen MR) is 125 cm³/mol. The maximum Gasteiger partial charge on any atom is 0.323 e. The molecule has 4 rings (SSSR count). The predicted octanol–water partition coefficient (Wildman–Crippen LogP) is 3.13. The van der Waals surface area contributed by atoms with E-state index in [-0.39, 0.29) is 24.4 Å². The molecule has 0 aliphatic carbocycles. The summed E-state index contributed by atoms with van der Waals surface area (Å²) in [6, 6.07) is 21.3. The molecule has 33 heavy (non-hydrogen) atoms. The number of carbonyl (C=O) groups is 2. The summed E-state index contributed by atoms with van der Waals surface area (Å²) in [6.45, 7) is 2.24. The molecule has 1 heterocycles. The normalized spacial score (nSPS) is 10.5. The summed E-state index contributed by atoms with van der Waals surface area (Å²) in [4.78, 5) is 24.9. The number of urea groups is 1. The molecule has 3 amide bonds. The first-order chi connectivity index (χ1) is 16.0. The highest BCUT2D eigenvalue weighted by Gasteiger charge is 2.10. The summed E-state index contributed by atoms with van der Waals surface area (Å²) in [6.07, 6.45) is 0. The molecule has 0 aliphatic heterocycles. The number of nitrogen functional groups attached to an aromatic ring is 1. The average Bonchev–Trinajstić information content (AvgIpc) is 3.23. The van der Waals surface area contributed by atoms with Crippen LogP contribution < -0.4 is 21.7 Å². The number of nitrogens with one attached hydrogen (secondary N) is 3. The Morgan fingerprint density at radius 1 is 0.939 bits per heavy atom. The van der Waals surface area contributed by atoms with Crippen LogP contribution in [0.1, 0.15) is 21.5 Å². The van der Waals surface area contributed by atoms with Crippen molar-refractivity contribution in [1.82, 2.24) is 25.5 Å². The molecule has 0 fully saturated rings. The van der Waals surface area contributed by atoms with Gasteiger partial charge in [-0.2, -0.15) is 4.68 Å². The summed E-state index contributed by atoms with van der Waals surface area (Å²) >= 11 is 0. The second-order valence-electron chi connectivity index (χ2n) is 7.33. The number of benzene rings is 3. The molecule has 0 atom stereocenters. The number of tetrazole rings is 1. The van der Waals surface area contributed by atoms with Gasteiger partial charge in [0.2, 0.25) is 5.95 Å². The maximum atomic E-state index is 12.6. The monoisotopic (exact) mass is 442 g/mol. The van der Waals surface area contributed by atoms with Gasteiger partial charge in [0.1, 0.15) is 0 Å². The van der Waals surface area contributed by atoms with Gasteiger partial charge >= 0.3 is 6.03 Å². The maximum absolute atomic E-state index is 12.6. The molecular weight excluding hydrogens is 420 g/mol. The van der Waals surface area contributed by atoms with Gasteiger partial charge in [0.15, 0.2) is 0 Å². The molecule has 0 spiro atoms. The fourth-order valence-electron chi connectivity index (χ4n) is 3.22. The van der Waals surface area contributed by atoms with Crippen LogP contribution in [0.25, 0.3) is 5.69 Å². The molecule has 0 unspecified atom stereocenters. The van der Waals surface area contributed by atoms with Gasteiger partial charge in [-0.15, -0.1) is 0 Å². The van der Waals surface area contributed by atoms with E-state index in [4.69, 9.17) is 5.73 Å². The Hall–Kier alpha value is -4.73. The number of hydrogen-bond acceptors (Lipinski definition) is 6. The van der Waals surface area contributed by atoms with E-state index < -0.39 is 0 Å². The average molecular weight is 442 g/mol. The topological polar surface area (TPSA) is 140 Å². The Morgan fingerprint density at radius 2 is 1.67 bits per heavy atom. The van der Waals surface area contributed by atoms with Crippen molar-refractivity contribution in [2.45, 2.75) is 13.5 Å². The Bertz CT molecular complexity index is 1300. The Balaban J connectivity index is 1.36. The van der Waals surface area contributed by atoms with E-state index in [2.05, 4.69) is 31.5 Å². The fraction of sp³-hybridized carbons (Fsp3) is 0.0870. The molecule has 0 saturated heterocycles. The molecule has 3 aromatic carbocycles. The molecule has 0 radical (unpaired) electrons. The van der Waals surface area contributed by atoms with Crippen LogP contribution in [0.15, 0.2) is 72.8 Å². The van der Waals surface area contributed by atoms with E-state index in [1.54, 1.807) is 36.4 Å². The van der Waals surface area contributed by atoms with Crippen LogP contribution in [-0.2, 0) is 6.54 Å². The third-order valence-corrected chi connectivity index (χ3v) is 4.76. The molecule has 10 heteroatoms. The molecule has 4 aromatic rings. The van der Waals surface area contributed by atoms with Crippen molar-refractivity contribution in [2.75, 3.05) is 16.4 Å². The number of carbonyl (C=O) groups excluding carboxylic acids is 2. The van der Waals surface area contributed by atoms with Crippen LogP contribution in [0.4, 0.5) is 22.1 Å². The minimum Gasteiger partial charge on any atom is -0.366 e. The van der Waals surface area contributed by atoms with Gasteiger partial charge in [-0.05, 0) is 70.9 Å². The quantitative estimate of drug-likeness (QED) is 0.362. The van der Waals surface area contributed by atoms with Gasteiger partial charge in [0.05, 0.1) is 5.69 Å². The van der Waals surface area contributed by atoms with Crippen LogP contribution in [0.5, 0.6) is 0 Å². The third-order valence-electron chi connectivity index (χ3n) is 4.76. The zero-order valence-electron chi connectivity index (χ0n) is 17.8. The zero-order valence-corrected chi connectivity index (χ0v) is 17.8. The van der Waals surface area contributed by atoms with E-state index in [1.165, 1.54) is 4.68 Å². The van der Waals surface area contributed by atoms with Crippen molar-refractivity contribution in [3.05, 3.63) is 89.5 Å². The molecule has 10 nitrogen and oxygen atoms in total. The van der Waals surface area contributed by atoms with Crippen LogP contribution in [-0.4, -0.2) is 32.1 Å². The Kier molecular flexibility index (Phi) is 6.26. The molecule has 0 bridgehead atoms. The number of amides is 3. The SMILES string of the molecule is Cc1cccc(NC(=O)Nc2cccc(CNC(=O)c3cccc(-n4nnnc4N)c3)c2)c1. The van der Waals surface area contributed by atoms with Crippen molar-refractivity contribution in [1.29, 1.82) is 0 Å². The lowest BCUT2D eigenvalue weighted by Gasteiger charge is -2.11. The largest absolute Gasteiger partial charge is 0.366 e. The van der Waals surface area contributed by atoms with E-state index in [0.29, 0.717) is 22.6 Å². The molecule has 0 saturated carbocycles. The van der Waals surface area contributed by atoms with Gasteiger partial charge in [0, 0.05) is 23.5 Å². The Labute approximate surface area is 189 Å². The number of aryl methyl sites for hydroxylation is 1. The van der Waals surface area contributed by atoms with Crippen molar-refractivity contribution >= 4 is 29.3 Å². The molecule has 5 N–H and O–H groups in total. The second-order valence-corrected chi connectivity index (χ2v) is 7.33. The van der Waals surface area contributed by atoms with Crippen LogP contribution in [0, 0.1) is 6.92 Å². The van der Waals surface area contributed by atoms with Crippen LogP contribution >= 0.6 is 0 Å². The number of anilines is 3. The van der Waals surface area contributed by atoms with Crippen molar-refractivity contribution in [3.63, 3.8) is 0 Å². The number of nitrogens with zero attached hydrogens (tertiary/aromatic N) is 4. The van der Waals surface area contributed by atoms with Gasteiger partial charge in [-0.25, -0.2) is 4.79 Å². The van der Waals surface area contributed by atoms with Crippen LogP contribution in [0.2, 0.25) is 0 Å². The summed E-state index contributed by atoms with van der Waals surface area (Å²) in [7, 11) is 0. The number of hydrogen-bond donors (Lipinski definition) is 4. The van der Waals surface area contributed by atoms with Gasteiger partial charge in [-0.3, -0.25) is 4.79 Å². The first kappa shape index (κ1) is 21.5. The highest BCUT2D eigenvalue weighted by atomic mass is 16.2. The summed E-state index contributed by atoms with van der Waals surface area (Å²) in [5, 5.41) is 19.4. The molecule has 166 valence electrons. The van der Waals surface area contributed by atoms with Crippen molar-refractivity contribution < 1.29 is 9.59 Å². The lowest BCUT2D eigenvalue weighted by atomic mass is 10.1. The van der Waals surface area contributed by atoms with Crippen LogP contribution in [0.3, 0.4) is 0 Å².